The van der Waals surface area contributed by atoms with Crippen LogP contribution in [-0.2, 0) is 0 Å². The van der Waals surface area contributed by atoms with E-state index in [9.17, 15) is 0 Å². The second kappa shape index (κ2) is 6.18. The second-order valence-electron chi connectivity index (χ2n) is 5.90. The molecular formula is C18H21ClN2. The fraction of sp³-hybridized carbons (Fsp3) is 0.333. The lowest BCUT2D eigenvalue weighted by molar-refractivity contribution is 0.419. The monoisotopic (exact) mass is 300 g/mol. The molecular weight excluding hydrogens is 280 g/mol. The largest absolute Gasteiger partial charge is 0.271 e. The van der Waals surface area contributed by atoms with Gasteiger partial charge in [0, 0.05) is 5.02 Å². The number of nitrogens with one attached hydrogen (secondary N) is 1. The van der Waals surface area contributed by atoms with Crippen molar-refractivity contribution in [2.24, 2.45) is 5.84 Å². The smallest absolute Gasteiger partial charge is 0.0710 e. The van der Waals surface area contributed by atoms with Gasteiger partial charge in [0.15, 0.2) is 0 Å². The van der Waals surface area contributed by atoms with Gasteiger partial charge in [-0.25, -0.2) is 5.43 Å². The van der Waals surface area contributed by atoms with Crippen molar-refractivity contribution in [1.82, 2.24) is 5.43 Å². The van der Waals surface area contributed by atoms with Crippen molar-refractivity contribution in [3.63, 3.8) is 0 Å². The summed E-state index contributed by atoms with van der Waals surface area (Å²) in [6, 6.07) is 14.9. The van der Waals surface area contributed by atoms with Gasteiger partial charge in [0.2, 0.25) is 0 Å². The summed E-state index contributed by atoms with van der Waals surface area (Å²) in [4.78, 5) is 0. The summed E-state index contributed by atoms with van der Waals surface area (Å²) in [7, 11) is 0. The zero-order valence-electron chi connectivity index (χ0n) is 12.3. The van der Waals surface area contributed by atoms with Crippen molar-refractivity contribution >= 4 is 11.6 Å². The molecule has 0 aliphatic heterocycles. The number of halogens is 1. The molecule has 0 bridgehead atoms. The maximum Gasteiger partial charge on any atom is 0.0710 e. The number of aryl methyl sites for hydroxylation is 1. The summed E-state index contributed by atoms with van der Waals surface area (Å²) in [5, 5.41) is 0.787. The van der Waals surface area contributed by atoms with Crippen LogP contribution in [0.5, 0.6) is 0 Å². The standard InChI is InChI=1S/C18H21ClN2/c1-12-11-16(9-10-17(12)19)18(21-20)15-7-5-14(6-8-15)13-3-2-4-13/h5-11,13,18,21H,2-4,20H2,1H3. The van der Waals surface area contributed by atoms with Crippen molar-refractivity contribution in [2.75, 3.05) is 0 Å². The maximum absolute atomic E-state index is 6.10. The van der Waals surface area contributed by atoms with Crippen LogP contribution in [-0.4, -0.2) is 0 Å². The molecule has 2 aromatic rings. The third-order valence-electron chi connectivity index (χ3n) is 4.53. The highest BCUT2D eigenvalue weighted by Gasteiger charge is 2.20. The van der Waals surface area contributed by atoms with Gasteiger partial charge in [0.1, 0.15) is 0 Å². The minimum atomic E-state index is -0.00333. The SMILES string of the molecule is Cc1cc(C(NN)c2ccc(C3CCC3)cc2)ccc1Cl. The van der Waals surface area contributed by atoms with Crippen molar-refractivity contribution in [2.45, 2.75) is 38.1 Å². The predicted octanol–water partition coefficient (Wildman–Crippen LogP) is 4.47. The normalized spacial score (nSPS) is 16.5. The molecule has 3 rings (SSSR count). The van der Waals surface area contributed by atoms with Gasteiger partial charge in [-0.3, -0.25) is 5.84 Å². The summed E-state index contributed by atoms with van der Waals surface area (Å²) in [5.41, 5.74) is 7.75. The van der Waals surface area contributed by atoms with E-state index in [0.29, 0.717) is 0 Å². The first kappa shape index (κ1) is 14.6. The van der Waals surface area contributed by atoms with Gasteiger partial charge < -0.3 is 0 Å². The summed E-state index contributed by atoms with van der Waals surface area (Å²) in [5.74, 6) is 6.54. The molecule has 3 heteroatoms. The van der Waals surface area contributed by atoms with Crippen LogP contribution in [0, 0.1) is 6.92 Å². The molecule has 2 aromatic carbocycles. The molecule has 3 N–H and O–H groups in total. The fourth-order valence-corrected chi connectivity index (χ4v) is 3.05. The van der Waals surface area contributed by atoms with Crippen molar-refractivity contribution in [3.05, 3.63) is 69.7 Å². The Balaban J connectivity index is 1.86. The molecule has 1 aliphatic carbocycles. The lowest BCUT2D eigenvalue weighted by Crippen LogP contribution is -2.28. The number of nitrogens with two attached hydrogens (primary N) is 1. The van der Waals surface area contributed by atoms with E-state index in [2.05, 4.69) is 35.8 Å². The molecule has 0 heterocycles. The van der Waals surface area contributed by atoms with Crippen molar-refractivity contribution in [3.8, 4) is 0 Å². The molecule has 0 spiro atoms. The third-order valence-corrected chi connectivity index (χ3v) is 4.95. The zero-order valence-corrected chi connectivity index (χ0v) is 13.0. The summed E-state index contributed by atoms with van der Waals surface area (Å²) >= 11 is 6.10. The minimum Gasteiger partial charge on any atom is -0.271 e. The quantitative estimate of drug-likeness (QED) is 0.646. The highest BCUT2D eigenvalue weighted by Crippen LogP contribution is 2.36. The molecule has 1 aliphatic rings. The first-order chi connectivity index (χ1) is 10.2. The zero-order chi connectivity index (χ0) is 14.8. The Labute approximate surface area is 131 Å². The van der Waals surface area contributed by atoms with E-state index in [0.717, 1.165) is 22.1 Å². The van der Waals surface area contributed by atoms with Crippen LogP contribution >= 0.6 is 11.6 Å². The molecule has 0 radical (unpaired) electrons. The van der Waals surface area contributed by atoms with Gasteiger partial charge in [-0.05, 0) is 54.0 Å². The van der Waals surface area contributed by atoms with Crippen LogP contribution in [0.1, 0.15) is 53.5 Å². The number of hydrogen-bond donors (Lipinski definition) is 2. The Morgan fingerprint density at radius 2 is 1.76 bits per heavy atom. The van der Waals surface area contributed by atoms with Crippen molar-refractivity contribution in [1.29, 1.82) is 0 Å². The highest BCUT2D eigenvalue weighted by atomic mass is 35.5. The van der Waals surface area contributed by atoms with E-state index in [1.807, 2.05) is 19.1 Å². The molecule has 0 saturated heterocycles. The minimum absolute atomic E-state index is 0.00333. The van der Waals surface area contributed by atoms with Crippen LogP contribution in [0.25, 0.3) is 0 Å². The van der Waals surface area contributed by atoms with Crippen LogP contribution < -0.4 is 11.3 Å². The molecule has 1 atom stereocenters. The van der Waals surface area contributed by atoms with Crippen LogP contribution in [0.3, 0.4) is 0 Å². The Bertz CT molecular complexity index is 618. The molecule has 1 unspecified atom stereocenters. The Hall–Kier alpha value is -1.35. The van der Waals surface area contributed by atoms with Gasteiger partial charge in [-0.2, -0.15) is 0 Å². The van der Waals surface area contributed by atoms with Gasteiger partial charge in [0.05, 0.1) is 6.04 Å². The Morgan fingerprint density at radius 3 is 2.29 bits per heavy atom. The summed E-state index contributed by atoms with van der Waals surface area (Å²) < 4.78 is 0. The number of hydrazine groups is 1. The fourth-order valence-electron chi connectivity index (χ4n) is 2.93. The van der Waals surface area contributed by atoms with Gasteiger partial charge in [-0.15, -0.1) is 0 Å². The number of rotatable bonds is 4. The predicted molar refractivity (Wildman–Crippen MR) is 88.4 cm³/mol. The van der Waals surface area contributed by atoms with E-state index >= 15 is 0 Å². The topological polar surface area (TPSA) is 38.0 Å². The lowest BCUT2D eigenvalue weighted by atomic mass is 9.79. The number of benzene rings is 2. The Morgan fingerprint density at radius 1 is 1.10 bits per heavy atom. The van der Waals surface area contributed by atoms with E-state index in [1.165, 1.54) is 30.4 Å². The third kappa shape index (κ3) is 2.98. The summed E-state index contributed by atoms with van der Waals surface area (Å²) in [6.07, 6.45) is 4.02. The lowest BCUT2D eigenvalue weighted by Gasteiger charge is -2.26. The maximum atomic E-state index is 6.10. The van der Waals surface area contributed by atoms with E-state index < -0.39 is 0 Å². The van der Waals surface area contributed by atoms with E-state index in [4.69, 9.17) is 17.4 Å². The number of hydrogen-bond acceptors (Lipinski definition) is 2. The second-order valence-corrected chi connectivity index (χ2v) is 6.31. The molecule has 110 valence electrons. The molecule has 2 nitrogen and oxygen atoms in total. The average molecular weight is 301 g/mol. The van der Waals surface area contributed by atoms with Crippen LogP contribution in [0.2, 0.25) is 5.02 Å². The molecule has 1 saturated carbocycles. The van der Waals surface area contributed by atoms with E-state index in [1.54, 1.807) is 0 Å². The summed E-state index contributed by atoms with van der Waals surface area (Å²) in [6.45, 7) is 2.01. The molecule has 0 amide bonds. The molecule has 1 fully saturated rings. The van der Waals surface area contributed by atoms with Crippen molar-refractivity contribution < 1.29 is 0 Å². The van der Waals surface area contributed by atoms with Gasteiger partial charge in [0.25, 0.3) is 0 Å². The van der Waals surface area contributed by atoms with Crippen LogP contribution in [0.4, 0.5) is 0 Å². The molecule has 21 heavy (non-hydrogen) atoms. The first-order valence-corrected chi connectivity index (χ1v) is 7.89. The average Bonchev–Trinajstić information content (AvgIpc) is 2.43. The first-order valence-electron chi connectivity index (χ1n) is 7.51. The highest BCUT2D eigenvalue weighted by molar-refractivity contribution is 6.31. The van der Waals surface area contributed by atoms with Gasteiger partial charge in [-0.1, -0.05) is 54.4 Å². The van der Waals surface area contributed by atoms with Crippen LogP contribution in [0.15, 0.2) is 42.5 Å². The Kier molecular flexibility index (Phi) is 4.29. The molecule has 0 aromatic heterocycles. The van der Waals surface area contributed by atoms with E-state index in [-0.39, 0.29) is 6.04 Å². The van der Waals surface area contributed by atoms with Gasteiger partial charge >= 0.3 is 0 Å².